The predicted octanol–water partition coefficient (Wildman–Crippen LogP) is 3.20. The third kappa shape index (κ3) is 6.32. The summed E-state index contributed by atoms with van der Waals surface area (Å²) in [5.74, 6) is 0.814. The molecule has 1 atom stereocenters. The molecule has 2 aromatic rings. The molecule has 0 aromatic carbocycles. The molecule has 0 aliphatic heterocycles. The number of hydrogen-bond acceptors (Lipinski definition) is 7. The molecular weight excluding hydrogens is 483 g/mol. The molecule has 0 aliphatic rings. The van der Waals surface area contributed by atoms with Gasteiger partial charge in [0.25, 0.3) is 0 Å². The average molecular weight is 510 g/mol. The van der Waals surface area contributed by atoms with E-state index in [0.29, 0.717) is 13.1 Å². The largest absolute Gasteiger partial charge is 0.375 e. The summed E-state index contributed by atoms with van der Waals surface area (Å²) in [7, 11) is 9.47. The van der Waals surface area contributed by atoms with Gasteiger partial charge in [0, 0.05) is 46.1 Å². The van der Waals surface area contributed by atoms with Gasteiger partial charge in [0.05, 0.1) is 24.5 Å². The van der Waals surface area contributed by atoms with Crippen LogP contribution in [0.3, 0.4) is 0 Å². The molecular formula is C16H27IN6OS2. The molecule has 0 saturated carbocycles. The van der Waals surface area contributed by atoms with E-state index < -0.39 is 0 Å². The fourth-order valence-corrected chi connectivity index (χ4v) is 3.74. The Labute approximate surface area is 180 Å². The first kappa shape index (κ1) is 23.1. The zero-order chi connectivity index (χ0) is 18.4. The molecule has 0 aliphatic carbocycles. The van der Waals surface area contributed by atoms with Crippen LogP contribution < -0.4 is 10.2 Å². The van der Waals surface area contributed by atoms with E-state index in [4.69, 9.17) is 4.74 Å². The minimum atomic E-state index is 0. The summed E-state index contributed by atoms with van der Waals surface area (Å²) in [6, 6.07) is 0. The number of hydrogen-bond donors (Lipinski definition) is 1. The standard InChI is InChI=1S/C16H26N6OS2.HI/c1-11(23-6)14-19-13(10-24-14)8-22(5)15(17-2)18-7-12-9-25-16(20-12)21(3)4;/h9-11H,7-8H2,1-6H3,(H,17,18);1H. The minimum Gasteiger partial charge on any atom is -0.375 e. The second-order valence-corrected chi connectivity index (χ2v) is 7.55. The zero-order valence-electron chi connectivity index (χ0n) is 16.0. The van der Waals surface area contributed by atoms with Crippen molar-refractivity contribution >= 4 is 57.7 Å². The molecule has 146 valence electrons. The second-order valence-electron chi connectivity index (χ2n) is 5.83. The molecule has 1 N–H and O–H groups in total. The molecule has 0 spiro atoms. The molecule has 1 unspecified atom stereocenters. The van der Waals surface area contributed by atoms with E-state index in [9.17, 15) is 0 Å². The van der Waals surface area contributed by atoms with Crippen molar-refractivity contribution < 1.29 is 4.74 Å². The summed E-state index contributed by atoms with van der Waals surface area (Å²) >= 11 is 3.26. The number of guanidine groups is 1. The quantitative estimate of drug-likeness (QED) is 0.351. The van der Waals surface area contributed by atoms with Crippen molar-refractivity contribution in [2.45, 2.75) is 26.1 Å². The van der Waals surface area contributed by atoms with Crippen LogP contribution >= 0.6 is 46.7 Å². The molecule has 0 bridgehead atoms. The first-order chi connectivity index (χ1) is 11.9. The van der Waals surface area contributed by atoms with Crippen molar-refractivity contribution in [3.8, 4) is 0 Å². The van der Waals surface area contributed by atoms with Gasteiger partial charge in [-0.2, -0.15) is 0 Å². The normalized spacial score (nSPS) is 12.5. The maximum absolute atomic E-state index is 5.32. The Balaban J connectivity index is 0.00000338. The number of anilines is 1. The first-order valence-electron chi connectivity index (χ1n) is 7.95. The van der Waals surface area contributed by atoms with E-state index >= 15 is 0 Å². The first-order valence-corrected chi connectivity index (χ1v) is 9.71. The maximum atomic E-state index is 5.32. The highest BCUT2D eigenvalue weighted by atomic mass is 127. The molecule has 0 amide bonds. The molecule has 10 heteroatoms. The minimum absolute atomic E-state index is 0. The van der Waals surface area contributed by atoms with Crippen molar-refractivity contribution in [1.29, 1.82) is 0 Å². The molecule has 2 rings (SSSR count). The molecule has 0 fully saturated rings. The van der Waals surface area contributed by atoms with Crippen LogP contribution in [0, 0.1) is 0 Å². The number of aromatic nitrogens is 2. The Morgan fingerprint density at radius 1 is 1.23 bits per heavy atom. The summed E-state index contributed by atoms with van der Waals surface area (Å²) in [6.45, 7) is 3.33. The molecule has 26 heavy (non-hydrogen) atoms. The highest BCUT2D eigenvalue weighted by Gasteiger charge is 2.13. The summed E-state index contributed by atoms with van der Waals surface area (Å²) in [6.07, 6.45) is 0.0250. The number of ether oxygens (including phenoxy) is 1. The van der Waals surface area contributed by atoms with Crippen LogP contribution in [0.2, 0.25) is 0 Å². The Bertz CT molecular complexity index is 702. The average Bonchev–Trinajstić information content (AvgIpc) is 3.24. The fraction of sp³-hybridized carbons (Fsp3) is 0.562. The van der Waals surface area contributed by atoms with Crippen LogP contribution in [-0.2, 0) is 17.8 Å². The van der Waals surface area contributed by atoms with Crippen LogP contribution in [-0.4, -0.2) is 56.1 Å². The van der Waals surface area contributed by atoms with Gasteiger partial charge in [0.1, 0.15) is 11.1 Å². The lowest BCUT2D eigenvalue weighted by Crippen LogP contribution is -2.38. The number of methoxy groups -OCH3 is 1. The van der Waals surface area contributed by atoms with Crippen LogP contribution in [0.5, 0.6) is 0 Å². The van der Waals surface area contributed by atoms with Gasteiger partial charge in [-0.25, -0.2) is 9.97 Å². The lowest BCUT2D eigenvalue weighted by Gasteiger charge is -2.20. The van der Waals surface area contributed by atoms with Crippen molar-refractivity contribution in [2.75, 3.05) is 40.2 Å². The van der Waals surface area contributed by atoms with E-state index in [1.165, 1.54) is 0 Å². The SMILES string of the molecule is CN=C(NCc1csc(N(C)C)n1)N(C)Cc1csc(C(C)OC)n1.I. The van der Waals surface area contributed by atoms with Gasteiger partial charge in [-0.3, -0.25) is 4.99 Å². The number of thiazole rings is 2. The van der Waals surface area contributed by atoms with Crippen molar-refractivity contribution in [1.82, 2.24) is 20.2 Å². The number of nitrogens with zero attached hydrogens (tertiary/aromatic N) is 5. The fourth-order valence-electron chi connectivity index (χ4n) is 2.14. The highest BCUT2D eigenvalue weighted by molar-refractivity contribution is 14.0. The van der Waals surface area contributed by atoms with Crippen LogP contribution in [0.25, 0.3) is 0 Å². The summed E-state index contributed by atoms with van der Waals surface area (Å²) < 4.78 is 5.32. The Morgan fingerprint density at radius 2 is 1.92 bits per heavy atom. The van der Waals surface area contributed by atoms with E-state index in [-0.39, 0.29) is 30.1 Å². The van der Waals surface area contributed by atoms with Gasteiger partial charge in [-0.05, 0) is 6.92 Å². The number of nitrogens with one attached hydrogen (secondary N) is 1. The summed E-state index contributed by atoms with van der Waals surface area (Å²) in [5, 5.41) is 9.48. The summed E-state index contributed by atoms with van der Waals surface area (Å²) in [4.78, 5) is 17.6. The third-order valence-corrected chi connectivity index (χ3v) is 5.71. The monoisotopic (exact) mass is 510 g/mol. The second kappa shape index (κ2) is 11.0. The number of aliphatic imine (C=N–C) groups is 1. The smallest absolute Gasteiger partial charge is 0.194 e. The van der Waals surface area contributed by atoms with Crippen LogP contribution in [0.4, 0.5) is 5.13 Å². The number of rotatable bonds is 7. The Kier molecular flexibility index (Phi) is 9.75. The van der Waals surface area contributed by atoms with Gasteiger partial charge >= 0.3 is 0 Å². The predicted molar refractivity (Wildman–Crippen MR) is 121 cm³/mol. The van der Waals surface area contributed by atoms with E-state index in [1.54, 1.807) is 36.8 Å². The molecule has 7 nitrogen and oxygen atoms in total. The lowest BCUT2D eigenvalue weighted by atomic mass is 10.4. The zero-order valence-corrected chi connectivity index (χ0v) is 20.0. The molecule has 2 aromatic heterocycles. The third-order valence-electron chi connectivity index (χ3n) is 3.59. The summed E-state index contributed by atoms with van der Waals surface area (Å²) in [5.41, 5.74) is 2.02. The molecule has 0 saturated heterocycles. The maximum Gasteiger partial charge on any atom is 0.194 e. The highest BCUT2D eigenvalue weighted by Crippen LogP contribution is 2.21. The van der Waals surface area contributed by atoms with Crippen molar-refractivity contribution in [3.05, 3.63) is 27.2 Å². The van der Waals surface area contributed by atoms with Gasteiger partial charge < -0.3 is 19.9 Å². The van der Waals surface area contributed by atoms with Crippen molar-refractivity contribution in [2.24, 2.45) is 4.99 Å². The van der Waals surface area contributed by atoms with Gasteiger partial charge in [-0.1, -0.05) is 0 Å². The Morgan fingerprint density at radius 3 is 2.50 bits per heavy atom. The molecule has 0 radical (unpaired) electrons. The van der Waals surface area contributed by atoms with Gasteiger partial charge in [0.15, 0.2) is 11.1 Å². The van der Waals surface area contributed by atoms with E-state index in [2.05, 4.69) is 35.9 Å². The van der Waals surface area contributed by atoms with Gasteiger partial charge in [-0.15, -0.1) is 46.7 Å². The Hall–Kier alpha value is -0.980. The molecule has 2 heterocycles. The number of halogens is 1. The van der Waals surface area contributed by atoms with Gasteiger partial charge in [0.2, 0.25) is 0 Å². The lowest BCUT2D eigenvalue weighted by molar-refractivity contribution is 0.119. The van der Waals surface area contributed by atoms with Crippen molar-refractivity contribution in [3.63, 3.8) is 0 Å². The van der Waals surface area contributed by atoms with Crippen LogP contribution in [0.1, 0.15) is 29.4 Å². The van der Waals surface area contributed by atoms with Crippen LogP contribution in [0.15, 0.2) is 15.8 Å². The topological polar surface area (TPSA) is 65.9 Å². The van der Waals surface area contributed by atoms with E-state index in [1.807, 2.05) is 33.0 Å². The van der Waals surface area contributed by atoms with E-state index in [0.717, 1.165) is 27.5 Å².